The third-order valence-corrected chi connectivity index (χ3v) is 3.59. The van der Waals surface area contributed by atoms with Gasteiger partial charge in [-0.3, -0.25) is 4.79 Å². The Morgan fingerprint density at radius 3 is 3.20 bits per heavy atom. The van der Waals surface area contributed by atoms with Gasteiger partial charge in [-0.1, -0.05) is 0 Å². The molecule has 0 spiro atoms. The molecule has 5 heteroatoms. The number of fused-ring (bicyclic) bond motifs is 1. The highest BCUT2D eigenvalue weighted by Crippen LogP contribution is 2.36. The van der Waals surface area contributed by atoms with Crippen molar-refractivity contribution in [3.8, 4) is 0 Å². The summed E-state index contributed by atoms with van der Waals surface area (Å²) in [6.07, 6.45) is 1.54. The molecule has 1 aliphatic rings. The first-order valence-electron chi connectivity index (χ1n) is 5.01. The Hall–Kier alpha value is -0.940. The second-order valence-electron chi connectivity index (χ2n) is 3.48. The lowest BCUT2D eigenvalue weighted by Gasteiger charge is -2.01. The summed E-state index contributed by atoms with van der Waals surface area (Å²) in [5.74, 6) is -1.16. The van der Waals surface area contributed by atoms with E-state index in [9.17, 15) is 4.79 Å². The van der Waals surface area contributed by atoms with Crippen LogP contribution in [0.25, 0.3) is 0 Å². The quantitative estimate of drug-likeness (QED) is 0.852. The van der Waals surface area contributed by atoms with Crippen molar-refractivity contribution in [3.63, 3.8) is 0 Å². The molecule has 1 atom stereocenters. The molecule has 0 aliphatic heterocycles. The van der Waals surface area contributed by atoms with E-state index in [1.54, 1.807) is 11.3 Å². The summed E-state index contributed by atoms with van der Waals surface area (Å²) >= 11 is 1.58. The first-order valence-corrected chi connectivity index (χ1v) is 5.83. The molecule has 1 N–H and O–H groups in total. The van der Waals surface area contributed by atoms with Gasteiger partial charge in [-0.15, -0.1) is 11.3 Å². The van der Waals surface area contributed by atoms with Crippen LogP contribution in [0.1, 0.15) is 34.8 Å². The lowest BCUT2D eigenvalue weighted by Crippen LogP contribution is -2.08. The highest BCUT2D eigenvalue weighted by Gasteiger charge is 2.32. The summed E-state index contributed by atoms with van der Waals surface area (Å²) in [4.78, 5) is 16.4. The van der Waals surface area contributed by atoms with E-state index in [0.717, 1.165) is 22.0 Å². The molecular weight excluding hydrogens is 214 g/mol. The number of carboxylic acid groups (broad SMARTS) is 1. The Balaban J connectivity index is 2.15. The number of hydrogen-bond donors (Lipinski definition) is 1. The standard InChI is InChI=1S/C10H13NO3S/c1-2-14-5-8-11-9-6(10(12)13)3-4-7(9)15-8/h6H,2-5H2,1H3,(H,12,13). The molecule has 15 heavy (non-hydrogen) atoms. The van der Waals surface area contributed by atoms with E-state index < -0.39 is 11.9 Å². The Labute approximate surface area is 91.9 Å². The molecule has 82 valence electrons. The van der Waals surface area contributed by atoms with Crippen molar-refractivity contribution in [2.24, 2.45) is 0 Å². The minimum Gasteiger partial charge on any atom is -0.481 e. The lowest BCUT2D eigenvalue weighted by atomic mass is 10.1. The van der Waals surface area contributed by atoms with Gasteiger partial charge in [0.25, 0.3) is 0 Å². The monoisotopic (exact) mass is 227 g/mol. The number of aromatic nitrogens is 1. The van der Waals surface area contributed by atoms with Crippen LogP contribution in [-0.4, -0.2) is 22.7 Å². The molecule has 0 amide bonds. The van der Waals surface area contributed by atoms with Gasteiger partial charge in [-0.2, -0.15) is 0 Å². The third kappa shape index (κ3) is 2.03. The van der Waals surface area contributed by atoms with Gasteiger partial charge in [0.05, 0.1) is 12.3 Å². The smallest absolute Gasteiger partial charge is 0.312 e. The van der Waals surface area contributed by atoms with E-state index in [1.807, 2.05) is 6.92 Å². The fourth-order valence-electron chi connectivity index (χ4n) is 1.77. The molecule has 1 aromatic rings. The summed E-state index contributed by atoms with van der Waals surface area (Å²) in [5.41, 5.74) is 0.766. The van der Waals surface area contributed by atoms with Crippen LogP contribution in [-0.2, 0) is 22.6 Å². The summed E-state index contributed by atoms with van der Waals surface area (Å²) < 4.78 is 5.25. The lowest BCUT2D eigenvalue weighted by molar-refractivity contribution is -0.138. The molecule has 1 aromatic heterocycles. The van der Waals surface area contributed by atoms with Gasteiger partial charge < -0.3 is 9.84 Å². The van der Waals surface area contributed by atoms with E-state index >= 15 is 0 Å². The fourth-order valence-corrected chi connectivity index (χ4v) is 2.85. The van der Waals surface area contributed by atoms with Gasteiger partial charge in [0.2, 0.25) is 0 Å². The predicted octanol–water partition coefficient (Wildman–Crippen LogP) is 1.79. The van der Waals surface area contributed by atoms with Crippen LogP contribution in [0.2, 0.25) is 0 Å². The van der Waals surface area contributed by atoms with Crippen molar-refractivity contribution < 1.29 is 14.6 Å². The van der Waals surface area contributed by atoms with Crippen molar-refractivity contribution >= 4 is 17.3 Å². The van der Waals surface area contributed by atoms with Crippen LogP contribution in [0.4, 0.5) is 0 Å². The molecule has 0 aromatic carbocycles. The third-order valence-electron chi connectivity index (χ3n) is 2.49. The Bertz CT molecular complexity index is 375. The summed E-state index contributed by atoms with van der Waals surface area (Å²) in [6.45, 7) is 3.09. The molecular formula is C10H13NO3S. The van der Waals surface area contributed by atoms with Crippen LogP contribution in [0.15, 0.2) is 0 Å². The number of aryl methyl sites for hydroxylation is 1. The predicted molar refractivity (Wildman–Crippen MR) is 56.1 cm³/mol. The average molecular weight is 227 g/mol. The number of nitrogens with zero attached hydrogens (tertiary/aromatic N) is 1. The molecule has 1 heterocycles. The maximum atomic E-state index is 10.9. The van der Waals surface area contributed by atoms with Gasteiger partial charge >= 0.3 is 5.97 Å². The number of thiazole rings is 1. The van der Waals surface area contributed by atoms with E-state index in [1.165, 1.54) is 0 Å². The van der Waals surface area contributed by atoms with Crippen molar-refractivity contribution in [2.45, 2.75) is 32.3 Å². The molecule has 1 aliphatic carbocycles. The number of ether oxygens (including phenoxy) is 1. The maximum Gasteiger partial charge on any atom is 0.312 e. The van der Waals surface area contributed by atoms with Crippen molar-refractivity contribution in [3.05, 3.63) is 15.6 Å². The first kappa shape index (κ1) is 10.6. The summed E-state index contributed by atoms with van der Waals surface area (Å²) in [6, 6.07) is 0. The Morgan fingerprint density at radius 2 is 2.53 bits per heavy atom. The average Bonchev–Trinajstić information content (AvgIpc) is 2.72. The second kappa shape index (κ2) is 4.28. The largest absolute Gasteiger partial charge is 0.481 e. The zero-order valence-corrected chi connectivity index (χ0v) is 9.34. The van der Waals surface area contributed by atoms with Gasteiger partial charge in [-0.25, -0.2) is 4.98 Å². The molecule has 0 radical (unpaired) electrons. The highest BCUT2D eigenvalue weighted by molar-refractivity contribution is 7.11. The summed E-state index contributed by atoms with van der Waals surface area (Å²) in [7, 11) is 0. The number of carboxylic acids is 1. The second-order valence-corrected chi connectivity index (χ2v) is 4.65. The van der Waals surface area contributed by atoms with Crippen LogP contribution in [0, 0.1) is 0 Å². The van der Waals surface area contributed by atoms with Crippen molar-refractivity contribution in [1.82, 2.24) is 4.98 Å². The van der Waals surface area contributed by atoms with Crippen LogP contribution >= 0.6 is 11.3 Å². The maximum absolute atomic E-state index is 10.9. The Kier molecular flexibility index (Phi) is 3.02. The van der Waals surface area contributed by atoms with Crippen LogP contribution in [0.3, 0.4) is 0 Å². The van der Waals surface area contributed by atoms with Crippen LogP contribution < -0.4 is 0 Å². The molecule has 0 saturated carbocycles. The zero-order valence-electron chi connectivity index (χ0n) is 8.52. The van der Waals surface area contributed by atoms with Crippen LogP contribution in [0.5, 0.6) is 0 Å². The highest BCUT2D eigenvalue weighted by atomic mass is 32.1. The number of carbonyl (C=O) groups is 1. The number of aliphatic carboxylic acids is 1. The van der Waals surface area contributed by atoms with E-state index in [0.29, 0.717) is 19.6 Å². The molecule has 0 bridgehead atoms. The fraction of sp³-hybridized carbons (Fsp3) is 0.600. The van der Waals surface area contributed by atoms with E-state index in [4.69, 9.17) is 9.84 Å². The SMILES string of the molecule is CCOCc1nc2c(s1)CCC2C(=O)O. The van der Waals surface area contributed by atoms with Crippen molar-refractivity contribution in [1.29, 1.82) is 0 Å². The molecule has 1 unspecified atom stereocenters. The van der Waals surface area contributed by atoms with Crippen molar-refractivity contribution in [2.75, 3.05) is 6.61 Å². The molecule has 0 saturated heterocycles. The normalized spacial score (nSPS) is 19.1. The summed E-state index contributed by atoms with van der Waals surface area (Å²) in [5, 5.41) is 9.87. The topological polar surface area (TPSA) is 59.4 Å². The number of rotatable bonds is 4. The number of hydrogen-bond acceptors (Lipinski definition) is 4. The van der Waals surface area contributed by atoms with Gasteiger partial charge in [-0.05, 0) is 19.8 Å². The van der Waals surface area contributed by atoms with E-state index in [-0.39, 0.29) is 0 Å². The minimum absolute atomic E-state index is 0.397. The molecule has 0 fully saturated rings. The Morgan fingerprint density at radius 1 is 1.73 bits per heavy atom. The molecule has 2 rings (SSSR count). The van der Waals surface area contributed by atoms with Gasteiger partial charge in [0, 0.05) is 11.5 Å². The van der Waals surface area contributed by atoms with Gasteiger partial charge in [0.1, 0.15) is 10.9 Å². The zero-order chi connectivity index (χ0) is 10.8. The van der Waals surface area contributed by atoms with E-state index in [2.05, 4.69) is 4.98 Å². The minimum atomic E-state index is -0.762. The first-order chi connectivity index (χ1) is 7.22. The molecule has 4 nitrogen and oxygen atoms in total. The van der Waals surface area contributed by atoms with Gasteiger partial charge in [0.15, 0.2) is 0 Å².